The first-order valence-corrected chi connectivity index (χ1v) is 9.04. The van der Waals surface area contributed by atoms with E-state index in [9.17, 15) is 9.90 Å². The van der Waals surface area contributed by atoms with Gasteiger partial charge in [0.1, 0.15) is 0 Å². The molecule has 0 aliphatic rings. The van der Waals surface area contributed by atoms with Crippen LogP contribution < -0.4 is 15.4 Å². The van der Waals surface area contributed by atoms with E-state index in [4.69, 9.17) is 16.1 Å². The SMILES string of the molecule is O=c1o[nH][n+](-c2ccc(Cl)cc2)c1-c1csc(/N=C(\[O-])c2ccccc2)n1. The molecule has 0 aliphatic heterocycles. The average molecular weight is 399 g/mol. The summed E-state index contributed by atoms with van der Waals surface area (Å²) in [6, 6.07) is 15.5. The van der Waals surface area contributed by atoms with Gasteiger partial charge in [0.15, 0.2) is 5.69 Å². The molecule has 2 aromatic carbocycles. The summed E-state index contributed by atoms with van der Waals surface area (Å²) in [4.78, 5) is 20.4. The Labute approximate surface area is 161 Å². The first-order valence-electron chi connectivity index (χ1n) is 7.78. The fourth-order valence-electron chi connectivity index (χ4n) is 2.42. The molecule has 9 heteroatoms. The number of benzene rings is 2. The summed E-state index contributed by atoms with van der Waals surface area (Å²) in [6.45, 7) is 0. The molecule has 0 radical (unpaired) electrons. The average Bonchev–Trinajstić information content (AvgIpc) is 3.29. The van der Waals surface area contributed by atoms with Crippen molar-refractivity contribution in [3.05, 3.63) is 81.0 Å². The van der Waals surface area contributed by atoms with Gasteiger partial charge in [0, 0.05) is 22.5 Å². The smallest absolute Gasteiger partial charge is 0.437 e. The van der Waals surface area contributed by atoms with Crippen LogP contribution in [0, 0.1) is 0 Å². The Balaban J connectivity index is 1.71. The van der Waals surface area contributed by atoms with Crippen LogP contribution in [0.4, 0.5) is 5.13 Å². The Morgan fingerprint density at radius 1 is 1.19 bits per heavy atom. The van der Waals surface area contributed by atoms with E-state index in [0.29, 0.717) is 22.0 Å². The lowest BCUT2D eigenvalue weighted by molar-refractivity contribution is -0.660. The summed E-state index contributed by atoms with van der Waals surface area (Å²) in [5.41, 5.74) is 1.07. The molecule has 1 N–H and O–H groups in total. The molecule has 4 aromatic rings. The lowest BCUT2D eigenvalue weighted by Gasteiger charge is -2.08. The van der Waals surface area contributed by atoms with Gasteiger partial charge in [-0.15, -0.1) is 11.3 Å². The summed E-state index contributed by atoms with van der Waals surface area (Å²) < 4.78 is 6.37. The zero-order chi connectivity index (χ0) is 18.8. The van der Waals surface area contributed by atoms with E-state index in [0.717, 1.165) is 11.3 Å². The van der Waals surface area contributed by atoms with Gasteiger partial charge in [0.2, 0.25) is 10.8 Å². The van der Waals surface area contributed by atoms with Gasteiger partial charge in [-0.05, 0) is 33.5 Å². The van der Waals surface area contributed by atoms with Gasteiger partial charge >= 0.3 is 11.3 Å². The van der Waals surface area contributed by atoms with E-state index in [1.807, 2.05) is 6.07 Å². The lowest BCUT2D eigenvalue weighted by Crippen LogP contribution is -2.36. The van der Waals surface area contributed by atoms with E-state index in [-0.39, 0.29) is 10.8 Å². The minimum absolute atomic E-state index is 0.196. The summed E-state index contributed by atoms with van der Waals surface area (Å²) in [7, 11) is 0. The van der Waals surface area contributed by atoms with Crippen LogP contribution in [-0.2, 0) is 0 Å². The number of aliphatic imine (C=N–C) groups is 1. The van der Waals surface area contributed by atoms with E-state index in [2.05, 4.69) is 15.2 Å². The molecule has 7 nitrogen and oxygen atoms in total. The topological polar surface area (TPSA) is 98.2 Å². The van der Waals surface area contributed by atoms with Crippen LogP contribution in [0.25, 0.3) is 17.1 Å². The number of nitrogens with one attached hydrogen (secondary N) is 1. The Morgan fingerprint density at radius 3 is 2.67 bits per heavy atom. The predicted molar refractivity (Wildman–Crippen MR) is 99.6 cm³/mol. The Morgan fingerprint density at radius 2 is 1.93 bits per heavy atom. The maximum Gasteiger partial charge on any atom is 0.437 e. The number of H-pyrrole nitrogens is 1. The zero-order valence-corrected chi connectivity index (χ0v) is 15.2. The lowest BCUT2D eigenvalue weighted by atomic mass is 10.2. The third-order valence-corrected chi connectivity index (χ3v) is 4.67. The Hall–Kier alpha value is -3.23. The second-order valence-corrected chi connectivity index (χ2v) is 6.71. The number of aromatic amines is 1. The summed E-state index contributed by atoms with van der Waals surface area (Å²) in [5.74, 6) is -0.400. The number of hydrogen-bond acceptors (Lipinski definition) is 6. The highest BCUT2D eigenvalue weighted by molar-refractivity contribution is 7.13. The molecule has 0 fully saturated rings. The first kappa shape index (κ1) is 17.2. The zero-order valence-electron chi connectivity index (χ0n) is 13.6. The highest BCUT2D eigenvalue weighted by atomic mass is 35.5. The van der Waals surface area contributed by atoms with Crippen molar-refractivity contribution in [2.45, 2.75) is 0 Å². The van der Waals surface area contributed by atoms with Crippen molar-refractivity contribution < 1.29 is 14.3 Å². The van der Waals surface area contributed by atoms with Crippen LogP contribution in [0.15, 0.2) is 74.3 Å². The Kier molecular flexibility index (Phi) is 4.57. The van der Waals surface area contributed by atoms with Gasteiger partial charge in [0.05, 0.1) is 0 Å². The third kappa shape index (κ3) is 3.53. The fraction of sp³-hybridized carbons (Fsp3) is 0. The van der Waals surface area contributed by atoms with Crippen LogP contribution in [0.5, 0.6) is 0 Å². The van der Waals surface area contributed by atoms with Crippen molar-refractivity contribution in [3.63, 3.8) is 0 Å². The molecule has 0 bridgehead atoms. The highest BCUT2D eigenvalue weighted by Crippen LogP contribution is 2.24. The second kappa shape index (κ2) is 7.18. The molecule has 27 heavy (non-hydrogen) atoms. The maximum atomic E-state index is 12.2. The molecule has 0 atom stereocenters. The number of nitrogens with zero attached hydrogens (tertiary/aromatic N) is 3. The minimum Gasteiger partial charge on any atom is -0.858 e. The molecule has 2 aromatic heterocycles. The summed E-state index contributed by atoms with van der Waals surface area (Å²) >= 11 is 7.06. The van der Waals surface area contributed by atoms with Crippen LogP contribution in [0.1, 0.15) is 5.56 Å². The van der Waals surface area contributed by atoms with Gasteiger partial charge in [0.25, 0.3) is 0 Å². The summed E-state index contributed by atoms with van der Waals surface area (Å²) in [5, 5.41) is 17.2. The van der Waals surface area contributed by atoms with Crippen molar-refractivity contribution in [2.24, 2.45) is 4.99 Å². The molecule has 2 heterocycles. The van der Waals surface area contributed by atoms with E-state index in [1.165, 1.54) is 4.68 Å². The normalized spacial score (nSPS) is 11.7. The molecule has 0 unspecified atom stereocenters. The number of hydrogen-bond donors (Lipinski definition) is 1. The van der Waals surface area contributed by atoms with Crippen LogP contribution in [0.3, 0.4) is 0 Å². The van der Waals surface area contributed by atoms with Crippen LogP contribution in [-0.4, -0.2) is 16.2 Å². The minimum atomic E-state index is -0.587. The van der Waals surface area contributed by atoms with Gasteiger partial charge < -0.3 is 5.11 Å². The van der Waals surface area contributed by atoms with E-state index < -0.39 is 11.5 Å². The van der Waals surface area contributed by atoms with Crippen molar-refractivity contribution in [3.8, 4) is 17.1 Å². The Bertz CT molecular complexity index is 1160. The van der Waals surface area contributed by atoms with Crippen LogP contribution >= 0.6 is 22.9 Å². The molecule has 0 saturated heterocycles. The number of aromatic nitrogens is 3. The largest absolute Gasteiger partial charge is 0.858 e. The van der Waals surface area contributed by atoms with Gasteiger partial charge in [-0.25, -0.2) is 14.8 Å². The van der Waals surface area contributed by atoms with Crippen molar-refractivity contribution in [1.82, 2.24) is 10.3 Å². The molecule has 4 rings (SSSR count). The molecule has 134 valence electrons. The van der Waals surface area contributed by atoms with E-state index in [1.54, 1.807) is 53.9 Å². The molecular weight excluding hydrogens is 388 g/mol. The van der Waals surface area contributed by atoms with Crippen molar-refractivity contribution >= 4 is 34.0 Å². The predicted octanol–water partition coefficient (Wildman–Crippen LogP) is 2.46. The van der Waals surface area contributed by atoms with Gasteiger partial charge in [-0.2, -0.15) is 0 Å². The van der Waals surface area contributed by atoms with Crippen LogP contribution in [0.2, 0.25) is 5.02 Å². The molecular formula is C18H11ClN4O3S. The van der Waals surface area contributed by atoms with Gasteiger partial charge in [-0.1, -0.05) is 41.9 Å². The van der Waals surface area contributed by atoms with Gasteiger partial charge in [-0.3, -0.25) is 4.52 Å². The first-order chi connectivity index (χ1) is 13.1. The highest BCUT2D eigenvalue weighted by Gasteiger charge is 2.27. The van der Waals surface area contributed by atoms with Crippen molar-refractivity contribution in [2.75, 3.05) is 0 Å². The number of thiazole rings is 1. The maximum absolute atomic E-state index is 12.2. The quantitative estimate of drug-likeness (QED) is 0.324. The molecule has 0 amide bonds. The monoisotopic (exact) mass is 398 g/mol. The molecule has 0 saturated carbocycles. The standard InChI is InChI=1S/C18H11ClN4O3S/c19-12-6-8-13(9-7-12)23-15(17(25)26-22-23)14-10-27-18(20-14)21-16(24)11-4-2-1-3-5-11/h1-10H,(H-,20,21,22,24,25). The third-order valence-electron chi connectivity index (χ3n) is 3.68. The summed E-state index contributed by atoms with van der Waals surface area (Å²) in [6.07, 6.45) is 0. The van der Waals surface area contributed by atoms with Crippen molar-refractivity contribution in [1.29, 1.82) is 0 Å². The number of halogens is 1. The second-order valence-electron chi connectivity index (χ2n) is 5.44. The van der Waals surface area contributed by atoms with E-state index >= 15 is 0 Å². The fourth-order valence-corrected chi connectivity index (χ4v) is 3.21. The number of rotatable bonds is 4. The molecule has 0 aliphatic carbocycles. The molecule has 0 spiro atoms.